The summed E-state index contributed by atoms with van der Waals surface area (Å²) in [6.45, 7) is 0. The Morgan fingerprint density at radius 2 is 2.05 bits per heavy atom. The minimum atomic E-state index is -0.312. The number of nitrogens with zero attached hydrogens (tertiary/aromatic N) is 2. The summed E-state index contributed by atoms with van der Waals surface area (Å²) < 4.78 is 15.8. The average Bonchev–Trinajstić information content (AvgIpc) is 2.82. The van der Waals surface area contributed by atoms with E-state index in [-0.39, 0.29) is 5.82 Å². The molecule has 2 nitrogen and oxygen atoms in total. The highest BCUT2D eigenvalue weighted by Gasteiger charge is 2.15. The zero-order chi connectivity index (χ0) is 15.0. The van der Waals surface area contributed by atoms with E-state index in [1.165, 1.54) is 6.07 Å². The molecule has 0 bridgehead atoms. The summed E-state index contributed by atoms with van der Waals surface area (Å²) >= 11 is 15.4. The first-order valence-electron chi connectivity index (χ1n) is 6.29. The van der Waals surface area contributed by atoms with Gasteiger partial charge in [-0.3, -0.25) is 4.57 Å². The van der Waals surface area contributed by atoms with Gasteiger partial charge in [0, 0.05) is 18.0 Å². The number of halogens is 4. The normalized spacial score (nSPS) is 11.2. The van der Waals surface area contributed by atoms with E-state index in [2.05, 4.69) is 20.9 Å². The van der Waals surface area contributed by atoms with Gasteiger partial charge in [0.05, 0.1) is 20.5 Å². The Hall–Kier alpha value is -1.10. The van der Waals surface area contributed by atoms with Crippen molar-refractivity contribution in [3.8, 4) is 5.69 Å². The summed E-state index contributed by atoms with van der Waals surface area (Å²) in [6, 6.07) is 10.4. The first-order valence-corrected chi connectivity index (χ1v) is 7.99. The molecule has 0 spiro atoms. The molecule has 108 valence electrons. The molecule has 0 aliphatic carbocycles. The van der Waals surface area contributed by atoms with E-state index in [0.29, 0.717) is 21.8 Å². The van der Waals surface area contributed by atoms with Crippen LogP contribution in [-0.2, 0) is 6.42 Å². The molecule has 0 unspecified atom stereocenters. The number of para-hydroxylation sites is 1. The average molecular weight is 388 g/mol. The van der Waals surface area contributed by atoms with Gasteiger partial charge >= 0.3 is 0 Å². The monoisotopic (exact) mass is 386 g/mol. The molecule has 0 radical (unpaired) electrons. The third-order valence-electron chi connectivity index (χ3n) is 3.18. The molecule has 0 amide bonds. The largest absolute Gasteiger partial charge is 0.295 e. The van der Waals surface area contributed by atoms with Gasteiger partial charge in [0.25, 0.3) is 0 Å². The molecule has 1 heterocycles. The molecular weight excluding hydrogens is 378 g/mol. The second kappa shape index (κ2) is 5.95. The second-order valence-corrected chi connectivity index (χ2v) is 6.15. The van der Waals surface area contributed by atoms with Crippen LogP contribution in [0.5, 0.6) is 0 Å². The first kappa shape index (κ1) is 14.8. The zero-order valence-corrected chi connectivity index (χ0v) is 13.9. The van der Waals surface area contributed by atoms with Gasteiger partial charge in [0.15, 0.2) is 0 Å². The van der Waals surface area contributed by atoms with Gasteiger partial charge in [0.2, 0.25) is 0 Å². The van der Waals surface area contributed by atoms with Gasteiger partial charge in [0.1, 0.15) is 11.6 Å². The van der Waals surface area contributed by atoms with Crippen molar-refractivity contribution in [3.05, 3.63) is 57.5 Å². The van der Waals surface area contributed by atoms with E-state index in [1.807, 2.05) is 22.8 Å². The van der Waals surface area contributed by atoms with Gasteiger partial charge in [-0.25, -0.2) is 9.37 Å². The number of aryl methyl sites for hydroxylation is 1. The van der Waals surface area contributed by atoms with Gasteiger partial charge in [-0.05, 0) is 46.3 Å². The number of imidazole rings is 1. The van der Waals surface area contributed by atoms with E-state index in [9.17, 15) is 4.39 Å². The Labute approximate surface area is 139 Å². The summed E-state index contributed by atoms with van der Waals surface area (Å²) in [7, 11) is 0. The number of alkyl halides is 1. The second-order valence-electron chi connectivity index (χ2n) is 4.51. The fraction of sp³-hybridized carbons (Fsp3) is 0.133. The van der Waals surface area contributed by atoms with Crippen molar-refractivity contribution in [1.82, 2.24) is 9.55 Å². The van der Waals surface area contributed by atoms with Crippen LogP contribution in [0.1, 0.15) is 5.82 Å². The van der Waals surface area contributed by atoms with Crippen LogP contribution < -0.4 is 0 Å². The van der Waals surface area contributed by atoms with Crippen molar-refractivity contribution in [2.75, 3.05) is 5.88 Å². The Balaban J connectivity index is 2.32. The lowest BCUT2D eigenvalue weighted by molar-refractivity contribution is 0.620. The highest BCUT2D eigenvalue weighted by atomic mass is 79.9. The molecule has 1 aromatic heterocycles. The van der Waals surface area contributed by atoms with Crippen molar-refractivity contribution in [2.45, 2.75) is 6.42 Å². The maximum absolute atomic E-state index is 13.5. The maximum atomic E-state index is 13.5. The van der Waals surface area contributed by atoms with Gasteiger partial charge < -0.3 is 0 Å². The van der Waals surface area contributed by atoms with Crippen LogP contribution in [0.25, 0.3) is 16.7 Å². The van der Waals surface area contributed by atoms with E-state index >= 15 is 0 Å². The Morgan fingerprint density at radius 1 is 1.24 bits per heavy atom. The molecular formula is C15H10BrCl2FN2. The summed E-state index contributed by atoms with van der Waals surface area (Å²) in [4.78, 5) is 4.58. The van der Waals surface area contributed by atoms with Crippen LogP contribution in [0.4, 0.5) is 4.39 Å². The van der Waals surface area contributed by atoms with E-state index in [0.717, 1.165) is 22.5 Å². The number of aromatic nitrogens is 2. The molecule has 21 heavy (non-hydrogen) atoms. The Bertz CT molecular complexity index is 817. The lowest BCUT2D eigenvalue weighted by Gasteiger charge is -2.10. The predicted molar refractivity (Wildman–Crippen MR) is 88.2 cm³/mol. The van der Waals surface area contributed by atoms with Crippen molar-refractivity contribution < 1.29 is 4.39 Å². The number of hydrogen-bond acceptors (Lipinski definition) is 1. The molecule has 2 aromatic carbocycles. The molecule has 0 atom stereocenters. The molecule has 0 fully saturated rings. The standard InChI is InChI=1S/C15H10BrCl2FN2/c16-10-8-9(4-5-12(10)19)21-14(6-7-17)20-13-3-1-2-11(18)15(13)21/h1-5,8H,6-7H2. The first-order chi connectivity index (χ1) is 10.1. The van der Waals surface area contributed by atoms with Crippen molar-refractivity contribution >= 4 is 50.2 Å². The summed E-state index contributed by atoms with van der Waals surface area (Å²) in [5, 5.41) is 0.598. The fourth-order valence-corrected chi connectivity index (χ4v) is 3.08. The summed E-state index contributed by atoms with van der Waals surface area (Å²) in [5.41, 5.74) is 2.39. The maximum Gasteiger partial charge on any atom is 0.137 e. The van der Waals surface area contributed by atoms with Gasteiger partial charge in [-0.1, -0.05) is 17.7 Å². The van der Waals surface area contributed by atoms with E-state index < -0.39 is 0 Å². The SMILES string of the molecule is Fc1ccc(-n2c(CCCl)nc3cccc(Cl)c32)cc1Br. The molecule has 0 N–H and O–H groups in total. The molecule has 3 rings (SSSR count). The molecule has 0 saturated carbocycles. The number of rotatable bonds is 3. The van der Waals surface area contributed by atoms with Gasteiger partial charge in [-0.2, -0.15) is 0 Å². The minimum Gasteiger partial charge on any atom is -0.295 e. The van der Waals surface area contributed by atoms with E-state index in [4.69, 9.17) is 23.2 Å². The van der Waals surface area contributed by atoms with Crippen molar-refractivity contribution in [2.24, 2.45) is 0 Å². The van der Waals surface area contributed by atoms with Crippen LogP contribution in [0.15, 0.2) is 40.9 Å². The molecule has 3 aromatic rings. The summed E-state index contributed by atoms with van der Waals surface area (Å²) in [6.07, 6.45) is 0.599. The third-order valence-corrected chi connectivity index (χ3v) is 4.28. The van der Waals surface area contributed by atoms with Crippen molar-refractivity contribution in [1.29, 1.82) is 0 Å². The number of hydrogen-bond donors (Lipinski definition) is 0. The van der Waals surface area contributed by atoms with Crippen LogP contribution in [0.3, 0.4) is 0 Å². The van der Waals surface area contributed by atoms with Gasteiger partial charge in [-0.15, -0.1) is 11.6 Å². The molecule has 0 aliphatic heterocycles. The molecule has 0 aliphatic rings. The lowest BCUT2D eigenvalue weighted by Crippen LogP contribution is -2.03. The highest BCUT2D eigenvalue weighted by Crippen LogP contribution is 2.30. The Kier molecular flexibility index (Phi) is 4.20. The predicted octanol–water partition coefficient (Wildman–Crippen LogP) is 5.36. The topological polar surface area (TPSA) is 17.8 Å². The third kappa shape index (κ3) is 2.68. The van der Waals surface area contributed by atoms with Crippen LogP contribution in [-0.4, -0.2) is 15.4 Å². The lowest BCUT2D eigenvalue weighted by atomic mass is 10.2. The molecule has 0 saturated heterocycles. The van der Waals surface area contributed by atoms with Crippen LogP contribution in [0, 0.1) is 5.82 Å². The molecule has 6 heteroatoms. The smallest absolute Gasteiger partial charge is 0.137 e. The van der Waals surface area contributed by atoms with E-state index in [1.54, 1.807) is 12.1 Å². The number of fused-ring (bicyclic) bond motifs is 1. The summed E-state index contributed by atoms with van der Waals surface area (Å²) in [5.74, 6) is 0.934. The highest BCUT2D eigenvalue weighted by molar-refractivity contribution is 9.10. The number of benzene rings is 2. The Morgan fingerprint density at radius 3 is 2.76 bits per heavy atom. The van der Waals surface area contributed by atoms with Crippen LogP contribution in [0.2, 0.25) is 5.02 Å². The van der Waals surface area contributed by atoms with Crippen molar-refractivity contribution in [3.63, 3.8) is 0 Å². The quantitative estimate of drug-likeness (QED) is 0.553. The van der Waals surface area contributed by atoms with Crippen LogP contribution >= 0.6 is 39.1 Å². The zero-order valence-electron chi connectivity index (χ0n) is 10.8. The fourth-order valence-electron chi connectivity index (χ4n) is 2.29. The minimum absolute atomic E-state index is 0.312.